The molecular formula is C17H22N4OS. The maximum Gasteiger partial charge on any atom is 0.220 e. The second-order valence-corrected chi connectivity index (χ2v) is 6.83. The second-order valence-electron chi connectivity index (χ2n) is 5.89. The molecule has 2 N–H and O–H groups in total. The lowest BCUT2D eigenvalue weighted by molar-refractivity contribution is -0.121. The van der Waals surface area contributed by atoms with E-state index in [4.69, 9.17) is 0 Å². The normalized spacial score (nSPS) is 13.7. The minimum absolute atomic E-state index is 0.0868. The number of thiazole rings is 1. The summed E-state index contributed by atoms with van der Waals surface area (Å²) in [6.45, 7) is 6.44. The molecule has 1 aliphatic heterocycles. The van der Waals surface area contributed by atoms with Gasteiger partial charge in [0, 0.05) is 36.3 Å². The van der Waals surface area contributed by atoms with Crippen LogP contribution in [0.1, 0.15) is 39.4 Å². The number of rotatable bonds is 5. The molecule has 1 aliphatic rings. The van der Waals surface area contributed by atoms with Crippen LogP contribution in [0.4, 0.5) is 0 Å². The van der Waals surface area contributed by atoms with Gasteiger partial charge in [-0.2, -0.15) is 0 Å². The summed E-state index contributed by atoms with van der Waals surface area (Å²) in [6, 6.07) is 0. The van der Waals surface area contributed by atoms with Gasteiger partial charge in [0.2, 0.25) is 5.91 Å². The summed E-state index contributed by atoms with van der Waals surface area (Å²) in [5.74, 6) is 0.0868. The van der Waals surface area contributed by atoms with E-state index >= 15 is 0 Å². The number of pyridine rings is 1. The molecule has 0 atom stereocenters. The van der Waals surface area contributed by atoms with Crippen LogP contribution in [0.5, 0.6) is 0 Å². The van der Waals surface area contributed by atoms with Crippen LogP contribution in [-0.2, 0) is 30.7 Å². The highest BCUT2D eigenvalue weighted by molar-refractivity contribution is 7.09. The smallest absolute Gasteiger partial charge is 0.220 e. The third-order valence-electron chi connectivity index (χ3n) is 4.36. The van der Waals surface area contributed by atoms with E-state index in [9.17, 15) is 4.79 Å². The maximum absolute atomic E-state index is 12.1. The molecule has 3 rings (SSSR count). The predicted molar refractivity (Wildman–Crippen MR) is 91.4 cm³/mol. The Morgan fingerprint density at radius 3 is 3.00 bits per heavy atom. The first-order valence-corrected chi connectivity index (χ1v) is 8.85. The van der Waals surface area contributed by atoms with Gasteiger partial charge in [-0.1, -0.05) is 0 Å². The van der Waals surface area contributed by atoms with Gasteiger partial charge >= 0.3 is 0 Å². The molecule has 0 radical (unpaired) electrons. The lowest BCUT2D eigenvalue weighted by Crippen LogP contribution is -2.29. The standard InChI is InChI=1S/C17H22N4OS/c1-11-15(14-5-6-18-7-13(14)8-19-11)9-20-17(22)4-3-16-12(2)21-10-23-16/h8,10,18H,3-7,9H2,1-2H3,(H,20,22). The summed E-state index contributed by atoms with van der Waals surface area (Å²) in [5, 5.41) is 6.42. The number of amides is 1. The number of hydrogen-bond donors (Lipinski definition) is 2. The molecule has 0 unspecified atom stereocenters. The predicted octanol–water partition coefficient (Wildman–Crippen LogP) is 2.05. The number of nitrogens with zero attached hydrogens (tertiary/aromatic N) is 2. The van der Waals surface area contributed by atoms with Crippen LogP contribution >= 0.6 is 11.3 Å². The Balaban J connectivity index is 1.60. The van der Waals surface area contributed by atoms with E-state index in [1.165, 1.54) is 21.6 Å². The average molecular weight is 330 g/mol. The van der Waals surface area contributed by atoms with Gasteiger partial charge in [0.25, 0.3) is 0 Å². The SMILES string of the molecule is Cc1ncsc1CCC(=O)NCc1c(C)ncc2c1CCNC2. The van der Waals surface area contributed by atoms with Crippen molar-refractivity contribution in [2.24, 2.45) is 0 Å². The van der Waals surface area contributed by atoms with Crippen LogP contribution in [0.25, 0.3) is 0 Å². The van der Waals surface area contributed by atoms with E-state index in [1.54, 1.807) is 11.3 Å². The first kappa shape index (κ1) is 16.1. The number of fused-ring (bicyclic) bond motifs is 1. The molecule has 5 nitrogen and oxygen atoms in total. The molecule has 2 aromatic rings. The van der Waals surface area contributed by atoms with Gasteiger partial charge in [0.1, 0.15) is 0 Å². The van der Waals surface area contributed by atoms with E-state index < -0.39 is 0 Å². The van der Waals surface area contributed by atoms with Crippen molar-refractivity contribution in [2.75, 3.05) is 6.54 Å². The van der Waals surface area contributed by atoms with E-state index in [0.717, 1.165) is 37.3 Å². The molecule has 3 heterocycles. The van der Waals surface area contributed by atoms with Crippen LogP contribution in [0.3, 0.4) is 0 Å². The molecule has 23 heavy (non-hydrogen) atoms. The summed E-state index contributed by atoms with van der Waals surface area (Å²) in [4.78, 5) is 22.0. The molecule has 0 aliphatic carbocycles. The van der Waals surface area contributed by atoms with Gasteiger partial charge in [-0.15, -0.1) is 11.3 Å². The molecular weight excluding hydrogens is 308 g/mol. The van der Waals surface area contributed by atoms with Crippen LogP contribution < -0.4 is 10.6 Å². The molecule has 122 valence electrons. The fourth-order valence-corrected chi connectivity index (χ4v) is 3.73. The highest BCUT2D eigenvalue weighted by atomic mass is 32.1. The number of nitrogens with one attached hydrogen (secondary N) is 2. The molecule has 0 saturated carbocycles. The Morgan fingerprint density at radius 2 is 2.22 bits per heavy atom. The summed E-state index contributed by atoms with van der Waals surface area (Å²) < 4.78 is 0. The lowest BCUT2D eigenvalue weighted by Gasteiger charge is -2.21. The van der Waals surface area contributed by atoms with Crippen molar-refractivity contribution in [3.63, 3.8) is 0 Å². The van der Waals surface area contributed by atoms with E-state index in [2.05, 4.69) is 20.6 Å². The second kappa shape index (κ2) is 7.19. The number of carbonyl (C=O) groups excluding carboxylic acids is 1. The summed E-state index contributed by atoms with van der Waals surface area (Å²) >= 11 is 1.62. The van der Waals surface area contributed by atoms with Crippen LogP contribution in [-0.4, -0.2) is 22.4 Å². The fraction of sp³-hybridized carbons (Fsp3) is 0.471. The third-order valence-corrected chi connectivity index (χ3v) is 5.35. The Morgan fingerprint density at radius 1 is 1.35 bits per heavy atom. The highest BCUT2D eigenvalue weighted by Gasteiger charge is 2.16. The van der Waals surface area contributed by atoms with E-state index in [0.29, 0.717) is 13.0 Å². The molecule has 0 bridgehead atoms. The van der Waals surface area contributed by atoms with Crippen LogP contribution in [0.2, 0.25) is 0 Å². The van der Waals surface area contributed by atoms with Crippen molar-refractivity contribution >= 4 is 17.2 Å². The molecule has 0 saturated heterocycles. The molecule has 0 aromatic carbocycles. The number of hydrogen-bond acceptors (Lipinski definition) is 5. The van der Waals surface area contributed by atoms with Gasteiger partial charge in [-0.05, 0) is 49.9 Å². The van der Waals surface area contributed by atoms with Gasteiger partial charge in [0.05, 0.1) is 11.2 Å². The van der Waals surface area contributed by atoms with E-state index in [-0.39, 0.29) is 5.91 Å². The Hall–Kier alpha value is -1.79. The van der Waals surface area contributed by atoms with Crippen molar-refractivity contribution < 1.29 is 4.79 Å². The van der Waals surface area contributed by atoms with Crippen molar-refractivity contribution in [3.05, 3.63) is 44.7 Å². The van der Waals surface area contributed by atoms with Crippen LogP contribution in [0, 0.1) is 13.8 Å². The molecule has 2 aromatic heterocycles. The Kier molecular flexibility index (Phi) is 5.03. The number of aryl methyl sites for hydroxylation is 3. The molecule has 0 spiro atoms. The number of carbonyl (C=O) groups is 1. The van der Waals surface area contributed by atoms with Crippen molar-refractivity contribution in [1.82, 2.24) is 20.6 Å². The largest absolute Gasteiger partial charge is 0.352 e. The highest BCUT2D eigenvalue weighted by Crippen LogP contribution is 2.20. The lowest BCUT2D eigenvalue weighted by atomic mass is 9.96. The van der Waals surface area contributed by atoms with Gasteiger partial charge in [-0.25, -0.2) is 4.98 Å². The summed E-state index contributed by atoms with van der Waals surface area (Å²) in [7, 11) is 0. The van der Waals surface area contributed by atoms with Crippen molar-refractivity contribution in [1.29, 1.82) is 0 Å². The quantitative estimate of drug-likeness (QED) is 0.880. The average Bonchev–Trinajstić information content (AvgIpc) is 2.97. The molecule has 0 fully saturated rings. The zero-order valence-electron chi connectivity index (χ0n) is 13.6. The van der Waals surface area contributed by atoms with E-state index in [1.807, 2.05) is 25.6 Å². The minimum atomic E-state index is 0.0868. The van der Waals surface area contributed by atoms with Crippen LogP contribution in [0.15, 0.2) is 11.7 Å². The fourth-order valence-electron chi connectivity index (χ4n) is 2.95. The molecule has 6 heteroatoms. The van der Waals surface area contributed by atoms with Crippen molar-refractivity contribution in [2.45, 2.75) is 46.2 Å². The summed E-state index contributed by atoms with van der Waals surface area (Å²) in [5.41, 5.74) is 7.69. The minimum Gasteiger partial charge on any atom is -0.352 e. The first-order valence-electron chi connectivity index (χ1n) is 7.97. The third kappa shape index (κ3) is 3.76. The zero-order chi connectivity index (χ0) is 16.2. The Labute approximate surface area is 140 Å². The molecule has 1 amide bonds. The van der Waals surface area contributed by atoms with Crippen molar-refractivity contribution in [3.8, 4) is 0 Å². The van der Waals surface area contributed by atoms with Gasteiger partial charge in [0.15, 0.2) is 0 Å². The number of aromatic nitrogens is 2. The maximum atomic E-state index is 12.1. The Bertz CT molecular complexity index is 711. The van der Waals surface area contributed by atoms with Gasteiger partial charge < -0.3 is 10.6 Å². The summed E-state index contributed by atoms with van der Waals surface area (Å²) in [6.07, 6.45) is 4.22. The monoisotopic (exact) mass is 330 g/mol. The zero-order valence-corrected chi connectivity index (χ0v) is 14.4. The van der Waals surface area contributed by atoms with Gasteiger partial charge in [-0.3, -0.25) is 9.78 Å². The first-order chi connectivity index (χ1) is 11.1. The topological polar surface area (TPSA) is 66.9 Å².